The van der Waals surface area contributed by atoms with E-state index < -0.39 is 0 Å². The highest BCUT2D eigenvalue weighted by molar-refractivity contribution is 5.92. The van der Waals surface area contributed by atoms with Crippen molar-refractivity contribution in [2.45, 2.75) is 32.2 Å². The van der Waals surface area contributed by atoms with Gasteiger partial charge in [-0.3, -0.25) is 14.6 Å². The quantitative estimate of drug-likeness (QED) is 0.784. The third-order valence-corrected chi connectivity index (χ3v) is 4.89. The van der Waals surface area contributed by atoms with E-state index in [0.717, 1.165) is 36.6 Å². The molecule has 4 rings (SSSR count). The summed E-state index contributed by atoms with van der Waals surface area (Å²) in [5.74, 6) is 1.95. The first-order valence-corrected chi connectivity index (χ1v) is 9.05. The van der Waals surface area contributed by atoms with Crippen LogP contribution in [-0.4, -0.2) is 48.9 Å². The van der Waals surface area contributed by atoms with E-state index in [2.05, 4.69) is 20.3 Å². The molecule has 0 aliphatic carbocycles. The van der Waals surface area contributed by atoms with Crippen molar-refractivity contribution in [1.82, 2.24) is 29.9 Å². The standard InChI is InChI=1S/C19H22N6O/c1-2-25-13-10-16(23-25)19(26)24-11-8-15(9-12-24)18-20-17(21-22-18)14-6-4-3-5-7-14/h3-7,10,13,15H,2,8-9,11-12H2,1H3,(H,20,21,22). The van der Waals surface area contributed by atoms with Crippen LogP contribution >= 0.6 is 0 Å². The minimum Gasteiger partial charge on any atom is -0.337 e. The molecule has 3 aromatic rings. The predicted molar refractivity (Wildman–Crippen MR) is 97.6 cm³/mol. The third-order valence-electron chi connectivity index (χ3n) is 4.89. The van der Waals surface area contributed by atoms with E-state index in [-0.39, 0.29) is 5.91 Å². The van der Waals surface area contributed by atoms with Crippen molar-refractivity contribution in [1.29, 1.82) is 0 Å². The van der Waals surface area contributed by atoms with Crippen molar-refractivity contribution in [2.75, 3.05) is 13.1 Å². The van der Waals surface area contributed by atoms with Gasteiger partial charge in [-0.15, -0.1) is 0 Å². The van der Waals surface area contributed by atoms with E-state index in [4.69, 9.17) is 0 Å². The van der Waals surface area contributed by atoms with E-state index in [1.807, 2.05) is 48.4 Å². The Bertz CT molecular complexity index is 876. The van der Waals surface area contributed by atoms with Crippen LogP contribution in [0.2, 0.25) is 0 Å². The van der Waals surface area contributed by atoms with E-state index >= 15 is 0 Å². The van der Waals surface area contributed by atoms with Crippen molar-refractivity contribution in [3.63, 3.8) is 0 Å². The first-order valence-electron chi connectivity index (χ1n) is 9.05. The Balaban J connectivity index is 1.39. The van der Waals surface area contributed by atoms with Crippen LogP contribution in [0, 0.1) is 0 Å². The zero-order valence-electron chi connectivity index (χ0n) is 14.8. The molecule has 1 fully saturated rings. The van der Waals surface area contributed by atoms with Gasteiger partial charge in [0.05, 0.1) is 0 Å². The number of hydrogen-bond acceptors (Lipinski definition) is 4. The number of benzene rings is 1. The highest BCUT2D eigenvalue weighted by Crippen LogP contribution is 2.27. The average Bonchev–Trinajstić information content (AvgIpc) is 3.38. The van der Waals surface area contributed by atoms with Gasteiger partial charge >= 0.3 is 0 Å². The lowest BCUT2D eigenvalue weighted by Gasteiger charge is -2.30. The number of aromatic amines is 1. The number of carbonyl (C=O) groups excluding carboxylic acids is 1. The summed E-state index contributed by atoms with van der Waals surface area (Å²) in [7, 11) is 0. The summed E-state index contributed by atoms with van der Waals surface area (Å²) in [6.45, 7) is 4.20. The van der Waals surface area contributed by atoms with E-state index in [1.54, 1.807) is 10.7 Å². The maximum absolute atomic E-state index is 12.6. The van der Waals surface area contributed by atoms with Crippen molar-refractivity contribution in [3.05, 3.63) is 54.1 Å². The number of piperidine rings is 1. The largest absolute Gasteiger partial charge is 0.337 e. The number of rotatable bonds is 4. The maximum atomic E-state index is 12.6. The molecule has 7 nitrogen and oxygen atoms in total. The molecule has 0 bridgehead atoms. The molecule has 0 unspecified atom stereocenters. The van der Waals surface area contributed by atoms with Gasteiger partial charge in [-0.25, -0.2) is 4.98 Å². The van der Waals surface area contributed by atoms with Gasteiger partial charge in [-0.1, -0.05) is 30.3 Å². The van der Waals surface area contributed by atoms with Gasteiger partial charge in [0.25, 0.3) is 5.91 Å². The molecular formula is C19H22N6O. The molecule has 1 aliphatic heterocycles. The molecule has 0 spiro atoms. The first kappa shape index (κ1) is 16.5. The van der Waals surface area contributed by atoms with Crippen LogP contribution in [0.1, 0.15) is 42.0 Å². The fourth-order valence-corrected chi connectivity index (χ4v) is 3.34. The Morgan fingerprint density at radius 3 is 2.65 bits per heavy atom. The molecule has 1 N–H and O–H groups in total. The first-order chi connectivity index (χ1) is 12.7. The third kappa shape index (κ3) is 3.24. The minimum absolute atomic E-state index is 0.0122. The van der Waals surface area contributed by atoms with Gasteiger partial charge < -0.3 is 4.90 Å². The molecule has 2 aromatic heterocycles. The van der Waals surface area contributed by atoms with Crippen LogP contribution < -0.4 is 0 Å². The molecule has 0 radical (unpaired) electrons. The summed E-state index contributed by atoms with van der Waals surface area (Å²) in [5.41, 5.74) is 1.53. The molecule has 1 aromatic carbocycles. The van der Waals surface area contributed by atoms with E-state index in [1.165, 1.54) is 0 Å². The maximum Gasteiger partial charge on any atom is 0.274 e. The smallest absolute Gasteiger partial charge is 0.274 e. The number of aryl methyl sites for hydroxylation is 1. The predicted octanol–water partition coefficient (Wildman–Crippen LogP) is 2.71. The summed E-state index contributed by atoms with van der Waals surface area (Å²) in [5, 5.41) is 11.7. The van der Waals surface area contributed by atoms with Crippen LogP contribution in [-0.2, 0) is 6.54 Å². The van der Waals surface area contributed by atoms with Crippen LogP contribution in [0.15, 0.2) is 42.6 Å². The van der Waals surface area contributed by atoms with Gasteiger partial charge in [0, 0.05) is 37.3 Å². The monoisotopic (exact) mass is 350 g/mol. The van der Waals surface area contributed by atoms with Gasteiger partial charge in [0.15, 0.2) is 5.82 Å². The number of likely N-dealkylation sites (tertiary alicyclic amines) is 1. The second kappa shape index (κ2) is 7.11. The highest BCUT2D eigenvalue weighted by Gasteiger charge is 2.27. The SMILES string of the molecule is CCn1ccc(C(=O)N2CCC(c3nc(-c4ccccc4)n[nH]3)CC2)n1. The Morgan fingerprint density at radius 2 is 1.96 bits per heavy atom. The highest BCUT2D eigenvalue weighted by atomic mass is 16.2. The van der Waals surface area contributed by atoms with Crippen molar-refractivity contribution < 1.29 is 4.79 Å². The fourth-order valence-electron chi connectivity index (χ4n) is 3.34. The molecule has 3 heterocycles. The van der Waals surface area contributed by atoms with Crippen molar-refractivity contribution in [2.24, 2.45) is 0 Å². The van der Waals surface area contributed by atoms with Gasteiger partial charge in [0.2, 0.25) is 0 Å². The summed E-state index contributed by atoms with van der Waals surface area (Å²) in [6.07, 6.45) is 3.60. The zero-order valence-corrected chi connectivity index (χ0v) is 14.8. The van der Waals surface area contributed by atoms with E-state index in [9.17, 15) is 4.79 Å². The zero-order chi connectivity index (χ0) is 17.9. The molecule has 1 amide bonds. The van der Waals surface area contributed by atoms with Gasteiger partial charge in [0.1, 0.15) is 11.5 Å². The van der Waals surface area contributed by atoms with Crippen LogP contribution in [0.5, 0.6) is 0 Å². The number of nitrogens with one attached hydrogen (secondary N) is 1. The fraction of sp³-hybridized carbons (Fsp3) is 0.368. The molecule has 7 heteroatoms. The van der Waals surface area contributed by atoms with Crippen LogP contribution in [0.3, 0.4) is 0 Å². The lowest BCUT2D eigenvalue weighted by molar-refractivity contribution is 0.0704. The Hall–Kier alpha value is -2.96. The number of amides is 1. The molecule has 1 aliphatic rings. The lowest BCUT2D eigenvalue weighted by Crippen LogP contribution is -2.38. The second-order valence-corrected chi connectivity index (χ2v) is 6.53. The molecule has 1 saturated heterocycles. The van der Waals surface area contributed by atoms with Crippen molar-refractivity contribution >= 4 is 5.91 Å². The second-order valence-electron chi connectivity index (χ2n) is 6.53. The summed E-state index contributed by atoms with van der Waals surface area (Å²) >= 11 is 0. The molecule has 134 valence electrons. The van der Waals surface area contributed by atoms with Gasteiger partial charge in [-0.05, 0) is 25.8 Å². The number of aromatic nitrogens is 5. The molecular weight excluding hydrogens is 328 g/mol. The van der Waals surface area contributed by atoms with E-state index in [0.29, 0.717) is 24.7 Å². The normalized spacial score (nSPS) is 15.3. The Morgan fingerprint density at radius 1 is 1.19 bits per heavy atom. The average molecular weight is 350 g/mol. The summed E-state index contributed by atoms with van der Waals surface area (Å²) < 4.78 is 1.78. The van der Waals surface area contributed by atoms with Crippen LogP contribution in [0.25, 0.3) is 11.4 Å². The Kier molecular flexibility index (Phi) is 4.51. The summed E-state index contributed by atoms with van der Waals surface area (Å²) in [6, 6.07) is 11.7. The molecule has 0 saturated carbocycles. The topological polar surface area (TPSA) is 79.7 Å². The van der Waals surface area contributed by atoms with Crippen LogP contribution in [0.4, 0.5) is 0 Å². The minimum atomic E-state index is 0.0122. The number of hydrogen-bond donors (Lipinski definition) is 1. The molecule has 0 atom stereocenters. The number of H-pyrrole nitrogens is 1. The Labute approximate surface area is 152 Å². The van der Waals surface area contributed by atoms with Gasteiger partial charge in [-0.2, -0.15) is 10.2 Å². The molecule has 26 heavy (non-hydrogen) atoms. The van der Waals surface area contributed by atoms with Crippen molar-refractivity contribution in [3.8, 4) is 11.4 Å². The lowest BCUT2D eigenvalue weighted by atomic mass is 9.96. The summed E-state index contributed by atoms with van der Waals surface area (Å²) in [4.78, 5) is 19.1. The number of carbonyl (C=O) groups is 1. The number of nitrogens with zero attached hydrogens (tertiary/aromatic N) is 5.